The van der Waals surface area contributed by atoms with Gasteiger partial charge in [0.25, 0.3) is 5.91 Å². The number of rotatable bonds is 5. The van der Waals surface area contributed by atoms with E-state index in [0.717, 1.165) is 5.06 Å². The lowest BCUT2D eigenvalue weighted by atomic mass is 9.98. The summed E-state index contributed by atoms with van der Waals surface area (Å²) in [7, 11) is 0. The number of alkyl carbamates (subject to hydrolysis) is 1. The fraction of sp³-hybridized carbons (Fsp3) is 0.800. The van der Waals surface area contributed by atoms with Gasteiger partial charge in [-0.1, -0.05) is 20.3 Å². The van der Waals surface area contributed by atoms with Crippen LogP contribution >= 0.6 is 0 Å². The molecular weight excluding hydrogens is 302 g/mol. The Bertz CT molecular complexity index is 461. The number of carbonyl (C=O) groups excluding carboxylic acids is 3. The quantitative estimate of drug-likeness (QED) is 0.780. The zero-order chi connectivity index (χ0) is 17.8. The Morgan fingerprint density at radius 2 is 2.00 bits per heavy atom. The van der Waals surface area contributed by atoms with E-state index in [-0.39, 0.29) is 12.5 Å². The molecule has 8 nitrogen and oxygen atoms in total. The van der Waals surface area contributed by atoms with Crippen LogP contribution in [0.15, 0.2) is 0 Å². The van der Waals surface area contributed by atoms with E-state index < -0.39 is 35.6 Å². The molecule has 0 aromatic heterocycles. The zero-order valence-corrected chi connectivity index (χ0v) is 14.4. The molecule has 132 valence electrons. The second-order valence-corrected chi connectivity index (χ2v) is 6.71. The van der Waals surface area contributed by atoms with Crippen LogP contribution in [0.25, 0.3) is 0 Å². The van der Waals surface area contributed by atoms with Crippen molar-refractivity contribution < 1.29 is 24.0 Å². The Hall–Kier alpha value is -1.83. The molecule has 1 aliphatic heterocycles. The van der Waals surface area contributed by atoms with Crippen molar-refractivity contribution in [2.45, 2.75) is 65.1 Å². The van der Waals surface area contributed by atoms with E-state index in [0.29, 0.717) is 12.8 Å². The molecule has 3 amide bonds. The Balaban J connectivity index is 2.87. The number of hydrogen-bond acceptors (Lipinski definition) is 5. The van der Waals surface area contributed by atoms with Crippen molar-refractivity contribution in [3.05, 3.63) is 0 Å². The van der Waals surface area contributed by atoms with Crippen molar-refractivity contribution in [3.63, 3.8) is 0 Å². The minimum Gasteiger partial charge on any atom is -0.444 e. The number of ether oxygens (including phenoxy) is 1. The van der Waals surface area contributed by atoms with Gasteiger partial charge in [0.05, 0.1) is 6.61 Å². The molecule has 3 atom stereocenters. The van der Waals surface area contributed by atoms with Crippen LogP contribution < -0.4 is 11.1 Å². The summed E-state index contributed by atoms with van der Waals surface area (Å²) in [5.74, 6) is -1.28. The zero-order valence-electron chi connectivity index (χ0n) is 14.4. The van der Waals surface area contributed by atoms with Crippen LogP contribution in [0.3, 0.4) is 0 Å². The second kappa shape index (κ2) is 7.63. The minimum atomic E-state index is -0.852. The van der Waals surface area contributed by atoms with Gasteiger partial charge in [-0.25, -0.2) is 9.86 Å². The molecule has 0 aliphatic carbocycles. The molecule has 23 heavy (non-hydrogen) atoms. The number of nitrogens with zero attached hydrogens (tertiary/aromatic N) is 1. The van der Waals surface area contributed by atoms with Crippen molar-refractivity contribution in [1.29, 1.82) is 0 Å². The van der Waals surface area contributed by atoms with E-state index in [1.807, 2.05) is 13.8 Å². The molecule has 1 fully saturated rings. The van der Waals surface area contributed by atoms with Crippen LogP contribution in [0, 0.1) is 5.92 Å². The first-order chi connectivity index (χ1) is 10.6. The van der Waals surface area contributed by atoms with E-state index in [9.17, 15) is 14.4 Å². The minimum absolute atomic E-state index is 0.159. The summed E-state index contributed by atoms with van der Waals surface area (Å²) in [4.78, 5) is 41.3. The first kappa shape index (κ1) is 19.2. The predicted octanol–water partition coefficient (Wildman–Crippen LogP) is 0.944. The maximum Gasteiger partial charge on any atom is 0.408 e. The van der Waals surface area contributed by atoms with Crippen LogP contribution in [-0.4, -0.2) is 47.3 Å². The van der Waals surface area contributed by atoms with E-state index in [1.165, 1.54) is 0 Å². The number of carbonyl (C=O) groups is 3. The molecule has 0 bridgehead atoms. The van der Waals surface area contributed by atoms with Crippen molar-refractivity contribution >= 4 is 17.9 Å². The molecule has 8 heteroatoms. The number of nitrogens with one attached hydrogen (secondary N) is 1. The van der Waals surface area contributed by atoms with E-state index in [2.05, 4.69) is 5.32 Å². The van der Waals surface area contributed by atoms with E-state index in [4.69, 9.17) is 15.3 Å². The van der Waals surface area contributed by atoms with Crippen molar-refractivity contribution in [3.8, 4) is 0 Å². The molecule has 1 saturated heterocycles. The maximum absolute atomic E-state index is 12.7. The van der Waals surface area contributed by atoms with Crippen molar-refractivity contribution in [2.24, 2.45) is 11.7 Å². The highest BCUT2D eigenvalue weighted by molar-refractivity contribution is 5.90. The van der Waals surface area contributed by atoms with Crippen LogP contribution in [0.5, 0.6) is 0 Å². The molecule has 1 aliphatic rings. The van der Waals surface area contributed by atoms with Gasteiger partial charge in [0.2, 0.25) is 5.91 Å². The topological polar surface area (TPSA) is 111 Å². The summed E-state index contributed by atoms with van der Waals surface area (Å²) in [5.41, 5.74) is 4.62. The molecule has 0 saturated carbocycles. The smallest absolute Gasteiger partial charge is 0.408 e. The normalized spacial score (nSPS) is 20.7. The maximum atomic E-state index is 12.7. The molecule has 1 heterocycles. The number of nitrogens with two attached hydrogens (primary N) is 1. The SMILES string of the molecule is CCC(C)[C@H](NC(=O)OC(C)(C)C)C(=O)N1OCCC1C(N)=O. The fourth-order valence-corrected chi connectivity index (χ4v) is 2.20. The number of hydroxylamine groups is 2. The summed E-state index contributed by atoms with van der Waals surface area (Å²) < 4.78 is 5.20. The van der Waals surface area contributed by atoms with Gasteiger partial charge >= 0.3 is 6.09 Å². The lowest BCUT2D eigenvalue weighted by molar-refractivity contribution is -0.182. The van der Waals surface area contributed by atoms with Gasteiger partial charge in [-0.15, -0.1) is 0 Å². The van der Waals surface area contributed by atoms with Gasteiger partial charge in [-0.3, -0.25) is 14.4 Å². The first-order valence-corrected chi connectivity index (χ1v) is 7.81. The van der Waals surface area contributed by atoms with Gasteiger partial charge < -0.3 is 15.8 Å². The number of amides is 3. The Morgan fingerprint density at radius 3 is 2.48 bits per heavy atom. The highest BCUT2D eigenvalue weighted by Crippen LogP contribution is 2.20. The van der Waals surface area contributed by atoms with Crippen molar-refractivity contribution in [1.82, 2.24) is 10.4 Å². The Kier molecular flexibility index (Phi) is 6.37. The molecule has 0 radical (unpaired) electrons. The van der Waals surface area contributed by atoms with Gasteiger partial charge in [0.15, 0.2) is 0 Å². The monoisotopic (exact) mass is 329 g/mol. The average molecular weight is 329 g/mol. The van der Waals surface area contributed by atoms with Crippen LogP contribution in [-0.2, 0) is 19.2 Å². The predicted molar refractivity (Wildman–Crippen MR) is 83.0 cm³/mol. The van der Waals surface area contributed by atoms with Gasteiger partial charge in [0.1, 0.15) is 17.7 Å². The molecule has 0 aromatic rings. The third-order valence-corrected chi connectivity index (χ3v) is 3.60. The molecule has 2 unspecified atom stereocenters. The van der Waals surface area contributed by atoms with Gasteiger partial charge in [-0.2, -0.15) is 0 Å². The van der Waals surface area contributed by atoms with Crippen LogP contribution in [0.4, 0.5) is 4.79 Å². The lowest BCUT2D eigenvalue weighted by Crippen LogP contribution is -2.55. The number of primary amides is 1. The lowest BCUT2D eigenvalue weighted by Gasteiger charge is -2.30. The standard InChI is InChI=1S/C15H27N3O5/c1-6-9(2)11(17-14(21)23-15(3,4)5)13(20)18-10(12(16)19)7-8-22-18/h9-11H,6-8H2,1-5H3,(H2,16,19)(H,17,21)/t9?,10?,11-/m0/s1. The fourth-order valence-electron chi connectivity index (χ4n) is 2.20. The summed E-state index contributed by atoms with van der Waals surface area (Å²) in [6.07, 6.45) is 0.313. The first-order valence-electron chi connectivity index (χ1n) is 7.81. The molecule has 0 aromatic carbocycles. The average Bonchev–Trinajstić information content (AvgIpc) is 2.90. The highest BCUT2D eigenvalue weighted by atomic mass is 16.7. The third kappa shape index (κ3) is 5.38. The number of hydrogen-bond donors (Lipinski definition) is 2. The van der Waals surface area contributed by atoms with Crippen LogP contribution in [0.1, 0.15) is 47.5 Å². The highest BCUT2D eigenvalue weighted by Gasteiger charge is 2.40. The molecule has 1 rings (SSSR count). The van der Waals surface area contributed by atoms with Crippen LogP contribution in [0.2, 0.25) is 0 Å². The summed E-state index contributed by atoms with van der Waals surface area (Å²) in [6.45, 7) is 9.17. The van der Waals surface area contributed by atoms with Crippen molar-refractivity contribution in [2.75, 3.05) is 6.61 Å². The largest absolute Gasteiger partial charge is 0.444 e. The van der Waals surface area contributed by atoms with E-state index in [1.54, 1.807) is 20.8 Å². The third-order valence-electron chi connectivity index (χ3n) is 3.60. The van der Waals surface area contributed by atoms with E-state index >= 15 is 0 Å². The Morgan fingerprint density at radius 1 is 1.39 bits per heavy atom. The molecular formula is C15H27N3O5. The molecule has 3 N–H and O–H groups in total. The van der Waals surface area contributed by atoms with Gasteiger partial charge in [-0.05, 0) is 26.7 Å². The van der Waals surface area contributed by atoms with Gasteiger partial charge in [0, 0.05) is 6.42 Å². The molecule has 0 spiro atoms. The second-order valence-electron chi connectivity index (χ2n) is 6.71. The summed E-state index contributed by atoms with van der Waals surface area (Å²) in [5, 5.41) is 3.56. The summed E-state index contributed by atoms with van der Waals surface area (Å²) in [6, 6.07) is -1.66. The summed E-state index contributed by atoms with van der Waals surface area (Å²) >= 11 is 0. The Labute approximate surface area is 136 Å².